The first kappa shape index (κ1) is 16.4. The highest BCUT2D eigenvalue weighted by molar-refractivity contribution is 5.87. The molecule has 1 aliphatic rings. The second kappa shape index (κ2) is 6.33. The lowest BCUT2D eigenvalue weighted by Gasteiger charge is -2.39. The molecule has 134 valence electrons. The molecule has 0 unspecified atom stereocenters. The number of hydrogen-bond acceptors (Lipinski definition) is 5. The number of benzene rings is 1. The van der Waals surface area contributed by atoms with Gasteiger partial charge in [-0.15, -0.1) is 0 Å². The first-order valence-electron chi connectivity index (χ1n) is 8.59. The molecule has 0 radical (unpaired) electrons. The van der Waals surface area contributed by atoms with E-state index in [9.17, 15) is 9.90 Å². The van der Waals surface area contributed by atoms with Gasteiger partial charge >= 0.3 is 5.97 Å². The third-order valence-corrected chi connectivity index (χ3v) is 4.93. The van der Waals surface area contributed by atoms with Crippen LogP contribution < -0.4 is 9.64 Å². The fourth-order valence-electron chi connectivity index (χ4n) is 3.38. The van der Waals surface area contributed by atoms with Gasteiger partial charge in [-0.3, -0.25) is 0 Å². The van der Waals surface area contributed by atoms with Gasteiger partial charge < -0.3 is 19.7 Å². The summed E-state index contributed by atoms with van der Waals surface area (Å²) in [6, 6.07) is 9.42. The fraction of sp³-hybridized carbons (Fsp3) is 0.316. The van der Waals surface area contributed by atoms with Crippen LogP contribution in [0.4, 0.5) is 5.82 Å². The average molecular weight is 352 g/mol. The molecule has 26 heavy (non-hydrogen) atoms. The van der Waals surface area contributed by atoms with Gasteiger partial charge in [0.15, 0.2) is 0 Å². The van der Waals surface area contributed by atoms with E-state index < -0.39 is 11.6 Å². The van der Waals surface area contributed by atoms with E-state index in [-0.39, 0.29) is 0 Å². The Labute approximate surface area is 150 Å². The maximum Gasteiger partial charge on any atom is 0.348 e. The summed E-state index contributed by atoms with van der Waals surface area (Å²) in [7, 11) is 0. The number of anilines is 1. The molecule has 3 heterocycles. The molecule has 0 amide bonds. The number of ether oxygens (including phenoxy) is 1. The smallest absolute Gasteiger partial charge is 0.348 e. The lowest BCUT2D eigenvalue weighted by molar-refractivity contribution is -0.157. The molecule has 2 N–H and O–H groups in total. The molecule has 1 fully saturated rings. The Morgan fingerprint density at radius 2 is 1.92 bits per heavy atom. The topological polar surface area (TPSA) is 91.3 Å². The van der Waals surface area contributed by atoms with Gasteiger partial charge in [0.05, 0.1) is 5.39 Å². The predicted molar refractivity (Wildman–Crippen MR) is 97.5 cm³/mol. The molecular formula is C19H20N4O3. The molecule has 1 saturated heterocycles. The van der Waals surface area contributed by atoms with Crippen molar-refractivity contribution in [2.45, 2.75) is 25.4 Å². The maximum atomic E-state index is 12.0. The minimum Gasteiger partial charge on any atom is -0.478 e. The molecule has 4 rings (SSSR count). The van der Waals surface area contributed by atoms with Gasteiger partial charge in [0, 0.05) is 32.1 Å². The Bertz CT molecular complexity index is 927. The van der Waals surface area contributed by atoms with Crippen LogP contribution in [0.15, 0.2) is 42.9 Å². The summed E-state index contributed by atoms with van der Waals surface area (Å²) in [5, 5.41) is 10.8. The van der Waals surface area contributed by atoms with E-state index in [1.807, 2.05) is 43.5 Å². The number of carboxylic acids is 1. The van der Waals surface area contributed by atoms with E-state index >= 15 is 0 Å². The summed E-state index contributed by atoms with van der Waals surface area (Å²) in [4.78, 5) is 25.8. The van der Waals surface area contributed by atoms with E-state index in [0.717, 1.165) is 22.4 Å². The van der Waals surface area contributed by atoms with Crippen molar-refractivity contribution in [3.8, 4) is 5.75 Å². The number of fused-ring (bicyclic) bond motifs is 1. The first-order valence-corrected chi connectivity index (χ1v) is 8.59. The Morgan fingerprint density at radius 1 is 1.19 bits per heavy atom. The van der Waals surface area contributed by atoms with Crippen LogP contribution in [0.5, 0.6) is 5.75 Å². The van der Waals surface area contributed by atoms with Crippen molar-refractivity contribution in [3.05, 3.63) is 48.4 Å². The predicted octanol–water partition coefficient (Wildman–Crippen LogP) is 2.77. The molecule has 3 aromatic rings. The van der Waals surface area contributed by atoms with Crippen LogP contribution in [0.25, 0.3) is 11.0 Å². The van der Waals surface area contributed by atoms with Crippen LogP contribution in [0.2, 0.25) is 0 Å². The highest BCUT2D eigenvalue weighted by Crippen LogP contribution is 2.32. The Hall–Kier alpha value is -3.09. The van der Waals surface area contributed by atoms with Gasteiger partial charge in [-0.1, -0.05) is 17.7 Å². The second-order valence-electron chi connectivity index (χ2n) is 6.64. The van der Waals surface area contributed by atoms with Gasteiger partial charge in [0.25, 0.3) is 0 Å². The van der Waals surface area contributed by atoms with Crippen molar-refractivity contribution in [3.63, 3.8) is 0 Å². The first-order chi connectivity index (χ1) is 12.6. The number of rotatable bonds is 4. The van der Waals surface area contributed by atoms with Gasteiger partial charge in [-0.2, -0.15) is 0 Å². The number of carboxylic acid groups (broad SMARTS) is 1. The summed E-state index contributed by atoms with van der Waals surface area (Å²) >= 11 is 0. The zero-order valence-corrected chi connectivity index (χ0v) is 14.5. The molecule has 7 nitrogen and oxygen atoms in total. The van der Waals surface area contributed by atoms with Crippen LogP contribution in [0.3, 0.4) is 0 Å². The normalized spacial score (nSPS) is 16.6. The number of aliphatic carboxylic acids is 1. The Balaban J connectivity index is 1.55. The molecule has 0 atom stereocenters. The number of carbonyl (C=O) groups is 1. The van der Waals surface area contributed by atoms with Crippen LogP contribution in [0, 0.1) is 6.92 Å². The minimum atomic E-state index is -1.21. The number of nitrogens with zero attached hydrogens (tertiary/aromatic N) is 3. The quantitative estimate of drug-likeness (QED) is 0.750. The van der Waals surface area contributed by atoms with Gasteiger partial charge in [0.2, 0.25) is 5.60 Å². The lowest BCUT2D eigenvalue weighted by atomic mass is 9.91. The van der Waals surface area contributed by atoms with Gasteiger partial charge in [-0.25, -0.2) is 14.8 Å². The van der Waals surface area contributed by atoms with Gasteiger partial charge in [0.1, 0.15) is 23.5 Å². The lowest BCUT2D eigenvalue weighted by Crippen LogP contribution is -2.53. The van der Waals surface area contributed by atoms with E-state index in [4.69, 9.17) is 4.74 Å². The fourth-order valence-corrected chi connectivity index (χ4v) is 3.38. The number of aryl methyl sites for hydroxylation is 1. The summed E-state index contributed by atoms with van der Waals surface area (Å²) in [5.41, 5.74) is 0.674. The number of nitrogens with one attached hydrogen (secondary N) is 1. The van der Waals surface area contributed by atoms with Crippen molar-refractivity contribution in [1.82, 2.24) is 15.0 Å². The average Bonchev–Trinajstić information content (AvgIpc) is 3.13. The standard InChI is InChI=1S/C19H20N4O3/c1-13-2-4-14(5-3-13)26-19(18(24)25)7-10-23(11-8-19)17-15-6-9-20-16(15)21-12-22-17/h2-6,9,12H,7-8,10-11H2,1H3,(H,24,25)(H,20,21,22). The van der Waals surface area contributed by atoms with Crippen LogP contribution in [-0.4, -0.2) is 44.7 Å². The van der Waals surface area contributed by atoms with E-state index in [0.29, 0.717) is 31.7 Å². The summed E-state index contributed by atoms with van der Waals surface area (Å²) < 4.78 is 5.95. The number of piperidine rings is 1. The highest BCUT2D eigenvalue weighted by Gasteiger charge is 2.44. The van der Waals surface area contributed by atoms with Crippen molar-refractivity contribution in [2.75, 3.05) is 18.0 Å². The molecule has 7 heteroatoms. The van der Waals surface area contributed by atoms with Crippen molar-refractivity contribution >= 4 is 22.8 Å². The monoisotopic (exact) mass is 352 g/mol. The van der Waals surface area contributed by atoms with E-state index in [1.165, 1.54) is 6.33 Å². The zero-order chi connectivity index (χ0) is 18.1. The Kier molecular flexibility index (Phi) is 3.99. The highest BCUT2D eigenvalue weighted by atomic mass is 16.5. The largest absolute Gasteiger partial charge is 0.478 e. The Morgan fingerprint density at radius 3 is 2.62 bits per heavy atom. The third kappa shape index (κ3) is 2.85. The second-order valence-corrected chi connectivity index (χ2v) is 6.64. The molecule has 0 bridgehead atoms. The van der Waals surface area contributed by atoms with Crippen LogP contribution in [-0.2, 0) is 4.79 Å². The SMILES string of the molecule is Cc1ccc(OC2(C(=O)O)CCN(c3ncnc4[nH]ccc34)CC2)cc1. The summed E-state index contributed by atoms with van der Waals surface area (Å²) in [5.74, 6) is 0.485. The number of hydrogen-bond donors (Lipinski definition) is 2. The minimum absolute atomic E-state index is 0.381. The number of H-pyrrole nitrogens is 1. The number of aromatic amines is 1. The number of aromatic nitrogens is 3. The maximum absolute atomic E-state index is 12.0. The molecule has 0 saturated carbocycles. The summed E-state index contributed by atoms with van der Waals surface area (Å²) in [6.07, 6.45) is 4.11. The molecular weight excluding hydrogens is 332 g/mol. The third-order valence-electron chi connectivity index (χ3n) is 4.93. The van der Waals surface area contributed by atoms with Crippen molar-refractivity contribution in [1.29, 1.82) is 0 Å². The van der Waals surface area contributed by atoms with Crippen LogP contribution in [0.1, 0.15) is 18.4 Å². The summed E-state index contributed by atoms with van der Waals surface area (Å²) in [6.45, 7) is 3.09. The molecule has 1 aliphatic heterocycles. The zero-order valence-electron chi connectivity index (χ0n) is 14.5. The van der Waals surface area contributed by atoms with E-state index in [2.05, 4.69) is 19.9 Å². The molecule has 1 aromatic carbocycles. The van der Waals surface area contributed by atoms with Crippen molar-refractivity contribution < 1.29 is 14.6 Å². The molecule has 0 spiro atoms. The van der Waals surface area contributed by atoms with Crippen LogP contribution >= 0.6 is 0 Å². The molecule has 0 aliphatic carbocycles. The molecule has 2 aromatic heterocycles. The van der Waals surface area contributed by atoms with E-state index in [1.54, 1.807) is 0 Å². The van der Waals surface area contributed by atoms with Crippen molar-refractivity contribution in [2.24, 2.45) is 0 Å². The van der Waals surface area contributed by atoms with Gasteiger partial charge in [-0.05, 0) is 25.1 Å².